The van der Waals surface area contributed by atoms with Gasteiger partial charge in [0.15, 0.2) is 0 Å². The van der Waals surface area contributed by atoms with E-state index in [2.05, 4.69) is 16.4 Å². The average molecular weight is 90.1 g/mol. The third-order valence-electron chi connectivity index (χ3n) is 0.169. The normalized spacial score (nSPS) is 7.50. The lowest BCUT2D eigenvalue weighted by molar-refractivity contribution is 0.178. The Labute approximate surface area is 34.7 Å². The van der Waals surface area contributed by atoms with Crippen LogP contribution in [0.3, 0.4) is 0 Å². The van der Waals surface area contributed by atoms with Gasteiger partial charge in [0.2, 0.25) is 0 Å². The molecule has 0 aliphatic carbocycles. The first-order valence-electron chi connectivity index (χ1n) is 1.24. The molecule has 0 aliphatic rings. The van der Waals surface area contributed by atoms with Gasteiger partial charge in [0.05, 0.1) is 0 Å². The zero-order valence-corrected chi connectivity index (χ0v) is 3.06. The van der Waals surface area contributed by atoms with Crippen LogP contribution < -0.4 is 17.2 Å². The molecule has 0 rings (SSSR count). The van der Waals surface area contributed by atoms with Crippen molar-refractivity contribution in [3.05, 3.63) is 0 Å². The topological polar surface area (TPSA) is 97.2 Å². The van der Waals surface area contributed by atoms with Gasteiger partial charge in [0.25, 0.3) is 0 Å². The average Bonchev–Trinajstić information content (AvgIpc) is 1.35. The summed E-state index contributed by atoms with van der Waals surface area (Å²) in [6.45, 7) is 0. The van der Waals surface area contributed by atoms with Crippen LogP contribution in [0.15, 0.2) is 0 Å². The van der Waals surface area contributed by atoms with Crippen LogP contribution >= 0.6 is 0 Å². The Morgan fingerprint density at radius 3 is 2.33 bits per heavy atom. The molecule has 0 saturated carbocycles. The Bertz CT molecular complexity index is 51.5. The van der Waals surface area contributed by atoms with E-state index in [1.165, 1.54) is 0 Å². The van der Waals surface area contributed by atoms with Crippen LogP contribution in [0.25, 0.3) is 0 Å². The number of nitrogens with two attached hydrogens (primary N) is 2. The van der Waals surface area contributed by atoms with Crippen molar-refractivity contribution in [3.8, 4) is 0 Å². The minimum Gasteiger partial charge on any atom is -0.357 e. The van der Waals surface area contributed by atoms with Gasteiger partial charge in [-0.25, -0.2) is 5.84 Å². The van der Waals surface area contributed by atoms with Crippen LogP contribution in [-0.2, 0) is 4.84 Å². The quantitative estimate of drug-likeness (QED) is 0.133. The largest absolute Gasteiger partial charge is 0.357 e. The summed E-state index contributed by atoms with van der Waals surface area (Å²) in [5, 5.41) is 6.31. The van der Waals surface area contributed by atoms with Crippen LogP contribution in [0, 0.1) is 5.41 Å². The highest BCUT2D eigenvalue weighted by Gasteiger charge is 1.76. The van der Waals surface area contributed by atoms with E-state index in [1.54, 1.807) is 5.59 Å². The molecule has 6 heavy (non-hydrogen) atoms. The Morgan fingerprint density at radius 1 is 1.83 bits per heavy atom. The first-order valence-corrected chi connectivity index (χ1v) is 1.24. The second kappa shape index (κ2) is 2.43. The van der Waals surface area contributed by atoms with E-state index >= 15 is 0 Å². The van der Waals surface area contributed by atoms with Crippen LogP contribution in [0.4, 0.5) is 0 Å². The molecule has 0 aromatic carbocycles. The molecule has 0 atom stereocenters. The van der Waals surface area contributed by atoms with E-state index in [4.69, 9.17) is 5.41 Å². The summed E-state index contributed by atoms with van der Waals surface area (Å²) in [6.07, 6.45) is 0. The molecule has 0 saturated heterocycles. The van der Waals surface area contributed by atoms with Gasteiger partial charge < -0.3 is 10.6 Å². The smallest absolute Gasteiger partial charge is 0.301 e. The van der Waals surface area contributed by atoms with Gasteiger partial charge >= 0.3 is 6.02 Å². The molecular weight excluding hydrogens is 84.0 g/mol. The minimum absolute atomic E-state index is 0.447. The summed E-state index contributed by atoms with van der Waals surface area (Å²) in [7, 11) is 0. The van der Waals surface area contributed by atoms with Crippen molar-refractivity contribution in [2.45, 2.75) is 0 Å². The molecule has 0 amide bonds. The summed E-state index contributed by atoms with van der Waals surface area (Å²) >= 11 is 0. The van der Waals surface area contributed by atoms with Crippen molar-refractivity contribution in [3.63, 3.8) is 0 Å². The molecule has 0 spiro atoms. The van der Waals surface area contributed by atoms with E-state index in [9.17, 15) is 0 Å². The summed E-state index contributed by atoms with van der Waals surface area (Å²) in [4.78, 5) is 3.93. The summed E-state index contributed by atoms with van der Waals surface area (Å²) < 4.78 is 0. The van der Waals surface area contributed by atoms with E-state index in [1.807, 2.05) is 0 Å². The third kappa shape index (κ3) is 3.19. The Morgan fingerprint density at radius 2 is 2.33 bits per heavy atom. The van der Waals surface area contributed by atoms with E-state index in [-0.39, 0.29) is 0 Å². The molecule has 0 unspecified atom stereocenters. The van der Waals surface area contributed by atoms with Gasteiger partial charge in [0.1, 0.15) is 0 Å². The number of hydrogen-bond acceptors (Lipinski definition) is 4. The molecule has 36 valence electrons. The van der Waals surface area contributed by atoms with Crippen LogP contribution in [0.2, 0.25) is 0 Å². The molecule has 0 radical (unpaired) electrons. The molecule has 0 bridgehead atoms. The standard InChI is InChI=1S/CH6N4O/c2-1(3)6-5-4/h5H,4H2,(H3,2,3). The lowest BCUT2D eigenvalue weighted by Crippen LogP contribution is -2.29. The molecule has 0 heterocycles. The number of hydrogen-bond donors (Lipinski definition) is 4. The highest BCUT2D eigenvalue weighted by atomic mass is 16.7. The van der Waals surface area contributed by atoms with Crippen LogP contribution in [0.5, 0.6) is 0 Å². The van der Waals surface area contributed by atoms with Gasteiger partial charge in [-0.1, -0.05) is 5.59 Å². The zero-order valence-electron chi connectivity index (χ0n) is 3.06. The summed E-state index contributed by atoms with van der Waals surface area (Å²) in [6, 6.07) is -0.447. The molecule has 0 aromatic rings. The molecule has 6 N–H and O–H groups in total. The number of amidine groups is 1. The van der Waals surface area contributed by atoms with Crippen molar-refractivity contribution in [2.24, 2.45) is 11.6 Å². The lowest BCUT2D eigenvalue weighted by atomic mass is 11.2. The SMILES string of the molecule is N=C(N)ONN. The highest BCUT2D eigenvalue weighted by molar-refractivity contribution is 5.66. The minimum atomic E-state index is -0.447. The Balaban J connectivity index is 2.83. The predicted molar refractivity (Wildman–Crippen MR) is 20.3 cm³/mol. The lowest BCUT2D eigenvalue weighted by Gasteiger charge is -1.93. The van der Waals surface area contributed by atoms with Crippen LogP contribution in [0.1, 0.15) is 0 Å². The van der Waals surface area contributed by atoms with Gasteiger partial charge in [-0.05, 0) is 0 Å². The zero-order chi connectivity index (χ0) is 4.99. The molecule has 5 nitrogen and oxygen atoms in total. The maximum atomic E-state index is 6.31. The van der Waals surface area contributed by atoms with Crippen molar-refractivity contribution >= 4 is 6.02 Å². The van der Waals surface area contributed by atoms with Crippen molar-refractivity contribution in [1.82, 2.24) is 5.59 Å². The fraction of sp³-hybridized carbons (Fsp3) is 0. The number of rotatable bonds is 1. The molecule has 5 heteroatoms. The van der Waals surface area contributed by atoms with E-state index < -0.39 is 6.02 Å². The summed E-state index contributed by atoms with van der Waals surface area (Å²) in [5.41, 5.74) is 6.34. The van der Waals surface area contributed by atoms with E-state index in [0.717, 1.165) is 0 Å². The maximum absolute atomic E-state index is 6.31. The Hall–Kier alpha value is -0.810. The maximum Gasteiger partial charge on any atom is 0.301 e. The molecule has 0 aliphatic heterocycles. The molecular formula is CH6N4O. The fourth-order valence-corrected chi connectivity index (χ4v) is 0.0635. The van der Waals surface area contributed by atoms with Gasteiger partial charge in [0, 0.05) is 0 Å². The first-order chi connectivity index (χ1) is 2.77. The number of hydrazine groups is 1. The fourth-order valence-electron chi connectivity index (χ4n) is 0.0635. The monoisotopic (exact) mass is 90.1 g/mol. The third-order valence-corrected chi connectivity index (χ3v) is 0.169. The first kappa shape index (κ1) is 5.19. The van der Waals surface area contributed by atoms with Crippen molar-refractivity contribution in [2.75, 3.05) is 0 Å². The number of nitrogens with one attached hydrogen (secondary N) is 2. The second-order valence-corrected chi connectivity index (χ2v) is 0.584. The van der Waals surface area contributed by atoms with Gasteiger partial charge in [-0.15, -0.1) is 0 Å². The van der Waals surface area contributed by atoms with Gasteiger partial charge in [-0.2, -0.15) is 0 Å². The van der Waals surface area contributed by atoms with E-state index in [0.29, 0.717) is 0 Å². The molecule has 0 fully saturated rings. The van der Waals surface area contributed by atoms with Gasteiger partial charge in [-0.3, -0.25) is 5.41 Å². The van der Waals surface area contributed by atoms with Crippen molar-refractivity contribution in [1.29, 1.82) is 5.41 Å². The highest BCUT2D eigenvalue weighted by Crippen LogP contribution is 1.49. The molecule has 0 aromatic heterocycles. The summed E-state index contributed by atoms with van der Waals surface area (Å²) in [5.74, 6) is 4.54. The van der Waals surface area contributed by atoms with Crippen molar-refractivity contribution < 1.29 is 4.84 Å². The predicted octanol–water partition coefficient (Wildman–Crippen LogP) is -1.73. The Kier molecular flexibility index (Phi) is 2.10. The van der Waals surface area contributed by atoms with Crippen LogP contribution in [-0.4, -0.2) is 6.02 Å². The second-order valence-electron chi connectivity index (χ2n) is 0.584.